The average Bonchev–Trinajstić information content (AvgIpc) is 3.04. The summed E-state index contributed by atoms with van der Waals surface area (Å²) in [6.45, 7) is 4.85. The van der Waals surface area contributed by atoms with Crippen LogP contribution in [-0.4, -0.2) is 19.7 Å². The predicted molar refractivity (Wildman–Crippen MR) is 109 cm³/mol. The topological polar surface area (TPSA) is 67.7 Å². The van der Waals surface area contributed by atoms with Gasteiger partial charge < -0.3 is 10.6 Å². The van der Waals surface area contributed by atoms with Crippen molar-refractivity contribution in [1.29, 1.82) is 0 Å². The van der Waals surface area contributed by atoms with E-state index in [2.05, 4.69) is 64.9 Å². The van der Waals surface area contributed by atoms with Gasteiger partial charge in [0.05, 0.1) is 11.6 Å². The zero-order chi connectivity index (χ0) is 18.8. The van der Waals surface area contributed by atoms with Crippen molar-refractivity contribution < 1.29 is 0 Å². The normalized spacial score (nSPS) is 10.9. The number of hydrogen-bond donors (Lipinski definition) is 2. The van der Waals surface area contributed by atoms with Crippen LogP contribution in [0.2, 0.25) is 0 Å². The summed E-state index contributed by atoms with van der Waals surface area (Å²) >= 11 is 0. The van der Waals surface area contributed by atoms with Crippen molar-refractivity contribution in [3.8, 4) is 0 Å². The zero-order valence-corrected chi connectivity index (χ0v) is 15.7. The molecule has 2 heterocycles. The fourth-order valence-electron chi connectivity index (χ4n) is 3.07. The average molecular weight is 358 g/mol. The van der Waals surface area contributed by atoms with E-state index in [0.717, 1.165) is 28.1 Å². The van der Waals surface area contributed by atoms with E-state index in [-0.39, 0.29) is 0 Å². The summed E-state index contributed by atoms with van der Waals surface area (Å²) in [6, 6.07) is 16.5. The SMILES string of the molecule is Cc1ccc(Nc2nc(NCc3ccccc3)c3cnn(C)c3n2)c(C)c1. The Labute approximate surface area is 158 Å². The third-order valence-electron chi connectivity index (χ3n) is 4.52. The molecule has 27 heavy (non-hydrogen) atoms. The molecule has 0 aliphatic carbocycles. The van der Waals surface area contributed by atoms with Gasteiger partial charge in [-0.15, -0.1) is 0 Å². The molecule has 2 aromatic carbocycles. The highest BCUT2D eigenvalue weighted by molar-refractivity contribution is 5.87. The van der Waals surface area contributed by atoms with Crippen molar-refractivity contribution in [1.82, 2.24) is 19.7 Å². The minimum absolute atomic E-state index is 0.550. The maximum absolute atomic E-state index is 4.70. The number of benzene rings is 2. The maximum atomic E-state index is 4.70. The summed E-state index contributed by atoms with van der Waals surface area (Å²) in [6.07, 6.45) is 1.80. The Bertz CT molecular complexity index is 1080. The van der Waals surface area contributed by atoms with Crippen LogP contribution in [0.4, 0.5) is 17.5 Å². The molecule has 0 aliphatic heterocycles. The lowest BCUT2D eigenvalue weighted by molar-refractivity contribution is 0.786. The van der Waals surface area contributed by atoms with Crippen molar-refractivity contribution in [2.24, 2.45) is 7.05 Å². The zero-order valence-electron chi connectivity index (χ0n) is 15.7. The summed E-state index contributed by atoms with van der Waals surface area (Å²) < 4.78 is 1.76. The first kappa shape index (κ1) is 17.0. The van der Waals surface area contributed by atoms with Crippen molar-refractivity contribution in [2.75, 3.05) is 10.6 Å². The number of anilines is 3. The Morgan fingerprint density at radius 1 is 1.00 bits per heavy atom. The molecule has 136 valence electrons. The molecule has 0 fully saturated rings. The quantitative estimate of drug-likeness (QED) is 0.556. The van der Waals surface area contributed by atoms with Crippen LogP contribution < -0.4 is 10.6 Å². The smallest absolute Gasteiger partial charge is 0.231 e. The number of nitrogens with one attached hydrogen (secondary N) is 2. The fraction of sp³-hybridized carbons (Fsp3) is 0.190. The highest BCUT2D eigenvalue weighted by Gasteiger charge is 2.12. The van der Waals surface area contributed by atoms with E-state index < -0.39 is 0 Å². The Kier molecular flexibility index (Phi) is 4.46. The molecule has 0 saturated carbocycles. The molecule has 6 heteroatoms. The van der Waals surface area contributed by atoms with Crippen LogP contribution in [0, 0.1) is 13.8 Å². The summed E-state index contributed by atoms with van der Waals surface area (Å²) in [4.78, 5) is 9.35. The van der Waals surface area contributed by atoms with Gasteiger partial charge in [-0.3, -0.25) is 4.68 Å². The first-order valence-corrected chi connectivity index (χ1v) is 8.92. The summed E-state index contributed by atoms with van der Waals surface area (Å²) in [5.74, 6) is 1.32. The maximum Gasteiger partial charge on any atom is 0.231 e. The molecule has 2 aromatic heterocycles. The van der Waals surface area contributed by atoms with Crippen molar-refractivity contribution >= 4 is 28.5 Å². The molecular formula is C21H22N6. The highest BCUT2D eigenvalue weighted by Crippen LogP contribution is 2.25. The van der Waals surface area contributed by atoms with Crippen LogP contribution in [0.3, 0.4) is 0 Å². The molecule has 0 unspecified atom stereocenters. The van der Waals surface area contributed by atoms with Crippen LogP contribution in [0.1, 0.15) is 16.7 Å². The summed E-state index contributed by atoms with van der Waals surface area (Å²) in [5, 5.41) is 12.0. The Balaban J connectivity index is 1.68. The molecule has 0 amide bonds. The second-order valence-electron chi connectivity index (χ2n) is 6.68. The lowest BCUT2D eigenvalue weighted by Gasteiger charge is -2.12. The number of aryl methyl sites for hydroxylation is 3. The molecule has 4 rings (SSSR count). The van der Waals surface area contributed by atoms with E-state index in [4.69, 9.17) is 4.98 Å². The molecule has 0 atom stereocenters. The highest BCUT2D eigenvalue weighted by atomic mass is 15.3. The molecule has 0 aliphatic rings. The van der Waals surface area contributed by atoms with Gasteiger partial charge >= 0.3 is 0 Å². The van der Waals surface area contributed by atoms with Gasteiger partial charge in [0, 0.05) is 19.3 Å². The number of fused-ring (bicyclic) bond motifs is 1. The van der Waals surface area contributed by atoms with Crippen molar-refractivity contribution in [2.45, 2.75) is 20.4 Å². The van der Waals surface area contributed by atoms with E-state index in [9.17, 15) is 0 Å². The number of hydrogen-bond acceptors (Lipinski definition) is 5. The molecule has 0 radical (unpaired) electrons. The van der Waals surface area contributed by atoms with E-state index >= 15 is 0 Å². The van der Waals surface area contributed by atoms with Gasteiger partial charge in [0.15, 0.2) is 5.65 Å². The molecule has 0 saturated heterocycles. The minimum Gasteiger partial charge on any atom is -0.365 e. The van der Waals surface area contributed by atoms with E-state index in [0.29, 0.717) is 12.5 Å². The van der Waals surface area contributed by atoms with Gasteiger partial charge in [0.1, 0.15) is 5.82 Å². The first-order chi connectivity index (χ1) is 13.1. The van der Waals surface area contributed by atoms with Crippen molar-refractivity contribution in [3.63, 3.8) is 0 Å². The molecule has 0 bridgehead atoms. The second kappa shape index (κ2) is 7.07. The minimum atomic E-state index is 0.550. The molecule has 6 nitrogen and oxygen atoms in total. The van der Waals surface area contributed by atoms with Crippen LogP contribution >= 0.6 is 0 Å². The number of aromatic nitrogens is 4. The first-order valence-electron chi connectivity index (χ1n) is 8.92. The third-order valence-corrected chi connectivity index (χ3v) is 4.52. The van der Waals surface area contributed by atoms with E-state index in [1.165, 1.54) is 11.1 Å². The van der Waals surface area contributed by atoms with Gasteiger partial charge in [-0.2, -0.15) is 15.1 Å². The van der Waals surface area contributed by atoms with Crippen LogP contribution in [0.5, 0.6) is 0 Å². The van der Waals surface area contributed by atoms with Gasteiger partial charge in [0.2, 0.25) is 5.95 Å². The van der Waals surface area contributed by atoms with Crippen LogP contribution in [0.15, 0.2) is 54.7 Å². The lowest BCUT2D eigenvalue weighted by Crippen LogP contribution is -2.06. The Morgan fingerprint density at radius 2 is 1.81 bits per heavy atom. The van der Waals surface area contributed by atoms with Gasteiger partial charge in [0.25, 0.3) is 0 Å². The van der Waals surface area contributed by atoms with Gasteiger partial charge in [-0.25, -0.2) is 0 Å². The second-order valence-corrected chi connectivity index (χ2v) is 6.68. The monoisotopic (exact) mass is 358 g/mol. The van der Waals surface area contributed by atoms with E-state index in [1.54, 1.807) is 10.9 Å². The number of nitrogens with zero attached hydrogens (tertiary/aromatic N) is 4. The molecule has 4 aromatic rings. The fourth-order valence-corrected chi connectivity index (χ4v) is 3.07. The third kappa shape index (κ3) is 3.60. The van der Waals surface area contributed by atoms with Gasteiger partial charge in [-0.1, -0.05) is 48.0 Å². The van der Waals surface area contributed by atoms with Gasteiger partial charge in [-0.05, 0) is 31.0 Å². The van der Waals surface area contributed by atoms with Crippen LogP contribution in [-0.2, 0) is 13.6 Å². The summed E-state index contributed by atoms with van der Waals surface area (Å²) in [5.41, 5.74) is 5.36. The van der Waals surface area contributed by atoms with Crippen molar-refractivity contribution in [3.05, 3.63) is 71.4 Å². The molecule has 2 N–H and O–H groups in total. The lowest BCUT2D eigenvalue weighted by atomic mass is 10.1. The largest absolute Gasteiger partial charge is 0.365 e. The Morgan fingerprint density at radius 3 is 2.59 bits per heavy atom. The predicted octanol–water partition coefficient (Wildman–Crippen LogP) is 4.34. The number of rotatable bonds is 5. The molecule has 0 spiro atoms. The van der Waals surface area contributed by atoms with Crippen LogP contribution in [0.25, 0.3) is 11.0 Å². The summed E-state index contributed by atoms with van der Waals surface area (Å²) in [7, 11) is 1.89. The standard InChI is InChI=1S/C21H22N6/c1-14-9-10-18(15(2)11-14)24-21-25-19(17-13-23-27(3)20(17)26-21)22-12-16-7-5-4-6-8-16/h4-11,13H,12H2,1-3H3,(H2,22,24,25,26). The van der Waals surface area contributed by atoms with E-state index in [1.807, 2.05) is 25.2 Å². The molecular weight excluding hydrogens is 336 g/mol. The Hall–Kier alpha value is -3.41.